The van der Waals surface area contributed by atoms with E-state index < -0.39 is 29.1 Å². The number of aromatic nitrogens is 1. The number of hydrogen-bond acceptors (Lipinski definition) is 7. The van der Waals surface area contributed by atoms with Crippen molar-refractivity contribution in [3.8, 4) is 5.75 Å². The van der Waals surface area contributed by atoms with E-state index in [2.05, 4.69) is 15.2 Å². The lowest BCUT2D eigenvalue weighted by Gasteiger charge is -2.41. The van der Waals surface area contributed by atoms with E-state index in [1.165, 1.54) is 12.1 Å². The van der Waals surface area contributed by atoms with E-state index in [1.807, 2.05) is 18.2 Å². The van der Waals surface area contributed by atoms with Crippen LogP contribution in [-0.4, -0.2) is 59.4 Å². The molecule has 4 rings (SSSR count). The highest BCUT2D eigenvalue weighted by molar-refractivity contribution is 5.85. The molecule has 210 valence electrons. The summed E-state index contributed by atoms with van der Waals surface area (Å²) in [4.78, 5) is 18.5. The summed E-state index contributed by atoms with van der Waals surface area (Å²) in [7, 11) is 1.58. The predicted molar refractivity (Wildman–Crippen MR) is 146 cm³/mol. The summed E-state index contributed by atoms with van der Waals surface area (Å²) in [6, 6.07) is 8.83. The number of halogens is 2. The highest BCUT2D eigenvalue weighted by Crippen LogP contribution is 2.42. The zero-order valence-electron chi connectivity index (χ0n) is 22.1. The molecule has 0 saturated carbocycles. The van der Waals surface area contributed by atoms with Gasteiger partial charge in [0.1, 0.15) is 17.4 Å². The van der Waals surface area contributed by atoms with Gasteiger partial charge >= 0.3 is 5.97 Å². The number of carboxylic acid groups (broad SMARTS) is 1. The van der Waals surface area contributed by atoms with Gasteiger partial charge in [-0.25, -0.2) is 8.78 Å². The van der Waals surface area contributed by atoms with Gasteiger partial charge in [0.2, 0.25) is 0 Å². The number of carboxylic acids is 1. The number of hydrogen-bond donors (Lipinski definition) is 4. The lowest BCUT2D eigenvalue weighted by Crippen LogP contribution is -2.43. The van der Waals surface area contributed by atoms with Gasteiger partial charge in [-0.3, -0.25) is 9.78 Å². The summed E-state index contributed by atoms with van der Waals surface area (Å²) in [5, 5.41) is 24.9. The van der Waals surface area contributed by atoms with Gasteiger partial charge in [-0.05, 0) is 85.6 Å². The molecule has 1 aliphatic rings. The van der Waals surface area contributed by atoms with Crippen LogP contribution in [0.25, 0.3) is 10.9 Å². The first kappa shape index (κ1) is 28.7. The molecular weight excluding hydrogens is 506 g/mol. The van der Waals surface area contributed by atoms with E-state index in [0.29, 0.717) is 68.9 Å². The molecule has 2 aromatic carbocycles. The second kappa shape index (κ2) is 12.7. The molecule has 1 fully saturated rings. The second-order valence-electron chi connectivity index (χ2n) is 10.3. The lowest BCUT2D eigenvalue weighted by molar-refractivity contribution is -0.141. The zero-order valence-corrected chi connectivity index (χ0v) is 22.1. The molecule has 8 nitrogen and oxygen atoms in total. The Hall–Kier alpha value is -3.34. The molecule has 0 radical (unpaired) electrons. The lowest BCUT2D eigenvalue weighted by atomic mass is 9.71. The van der Waals surface area contributed by atoms with Gasteiger partial charge in [-0.15, -0.1) is 0 Å². The monoisotopic (exact) mass is 542 g/mol. The van der Waals surface area contributed by atoms with Crippen molar-refractivity contribution in [2.45, 2.75) is 44.8 Å². The maximum absolute atomic E-state index is 13.4. The van der Waals surface area contributed by atoms with Gasteiger partial charge in [0.25, 0.3) is 0 Å². The van der Waals surface area contributed by atoms with E-state index in [9.17, 15) is 23.8 Å². The number of aliphatic hydroxyl groups excluding tert-OH is 1. The first-order valence-corrected chi connectivity index (χ1v) is 13.2. The van der Waals surface area contributed by atoms with Crippen LogP contribution in [0.1, 0.15) is 49.3 Å². The molecule has 1 aromatic heterocycles. The number of anilines is 1. The van der Waals surface area contributed by atoms with Gasteiger partial charge < -0.3 is 30.9 Å². The fourth-order valence-electron chi connectivity index (χ4n) is 5.61. The van der Waals surface area contributed by atoms with Crippen molar-refractivity contribution in [2.24, 2.45) is 11.1 Å². The van der Waals surface area contributed by atoms with Crippen LogP contribution in [0.4, 0.5) is 14.5 Å². The Bertz CT molecular complexity index is 1270. The topological polar surface area (TPSA) is 121 Å². The van der Waals surface area contributed by atoms with E-state index in [1.54, 1.807) is 13.3 Å². The van der Waals surface area contributed by atoms with Gasteiger partial charge in [0, 0.05) is 43.0 Å². The minimum absolute atomic E-state index is 0.0308. The molecule has 0 unspecified atom stereocenters. The van der Waals surface area contributed by atoms with Crippen LogP contribution in [0.5, 0.6) is 5.75 Å². The summed E-state index contributed by atoms with van der Waals surface area (Å²) in [5.74, 6) is -1.46. The number of rotatable bonds is 12. The Morgan fingerprint density at radius 2 is 1.92 bits per heavy atom. The third kappa shape index (κ3) is 7.20. The fourth-order valence-corrected chi connectivity index (χ4v) is 5.61. The standard InChI is InChI=1S/C29H36F2N4O4/c1-39-23-2-3-25-24(15-23)28(19(17-32)18-34-25)26(36)4-5-29(16-27(37)38)6-9-35(10-7-29)11-8-33-22-13-20(30)12-21(31)14-22/h2-3,12-15,18,26,33,36H,4-11,16-17,32H2,1H3,(H,37,38)/t26-/m1/s1. The number of fused-ring (bicyclic) bond motifs is 1. The molecule has 5 N–H and O–H groups in total. The first-order chi connectivity index (χ1) is 18.7. The quantitative estimate of drug-likeness (QED) is 0.265. The van der Waals surface area contributed by atoms with Crippen molar-refractivity contribution < 1.29 is 28.5 Å². The fraction of sp³-hybridized carbons (Fsp3) is 0.448. The highest BCUT2D eigenvalue weighted by Gasteiger charge is 2.37. The summed E-state index contributed by atoms with van der Waals surface area (Å²) in [6.07, 6.45) is 3.18. The van der Waals surface area contributed by atoms with Crippen LogP contribution >= 0.6 is 0 Å². The summed E-state index contributed by atoms with van der Waals surface area (Å²) < 4.78 is 32.2. The molecule has 1 saturated heterocycles. The maximum Gasteiger partial charge on any atom is 0.303 e. The number of piperidine rings is 1. The number of aliphatic carboxylic acids is 1. The number of methoxy groups -OCH3 is 1. The normalized spacial score (nSPS) is 16.2. The number of ether oxygens (including phenoxy) is 1. The van der Waals surface area contributed by atoms with Gasteiger partial charge in [-0.2, -0.15) is 0 Å². The Morgan fingerprint density at radius 1 is 1.21 bits per heavy atom. The van der Waals surface area contributed by atoms with E-state index in [0.717, 1.165) is 22.5 Å². The molecule has 3 aromatic rings. The van der Waals surface area contributed by atoms with Crippen LogP contribution < -0.4 is 15.8 Å². The first-order valence-electron chi connectivity index (χ1n) is 13.2. The Labute approximate surface area is 226 Å². The van der Waals surface area contributed by atoms with Crippen LogP contribution in [0.3, 0.4) is 0 Å². The SMILES string of the molecule is COc1ccc2ncc(CN)c([C@H](O)CCC3(CC(=O)O)CCN(CCNc4cc(F)cc(F)c4)CC3)c2c1. The maximum atomic E-state index is 13.4. The van der Waals surface area contributed by atoms with Gasteiger partial charge in [0.05, 0.1) is 25.2 Å². The smallest absolute Gasteiger partial charge is 0.303 e. The molecule has 2 heterocycles. The highest BCUT2D eigenvalue weighted by atomic mass is 19.1. The van der Waals surface area contributed by atoms with E-state index in [4.69, 9.17) is 10.5 Å². The molecular formula is C29H36F2N4O4. The third-order valence-electron chi connectivity index (χ3n) is 7.76. The van der Waals surface area contributed by atoms with Crippen LogP contribution in [0.15, 0.2) is 42.6 Å². The Balaban J connectivity index is 1.40. The molecule has 0 bridgehead atoms. The van der Waals surface area contributed by atoms with E-state index in [-0.39, 0.29) is 13.0 Å². The molecule has 10 heteroatoms. The van der Waals surface area contributed by atoms with Crippen molar-refractivity contribution >= 4 is 22.6 Å². The van der Waals surface area contributed by atoms with Crippen molar-refractivity contribution in [1.82, 2.24) is 9.88 Å². The molecule has 0 amide bonds. The van der Waals surface area contributed by atoms with Crippen molar-refractivity contribution in [1.29, 1.82) is 0 Å². The average Bonchev–Trinajstić information content (AvgIpc) is 2.91. The Morgan fingerprint density at radius 3 is 2.56 bits per heavy atom. The molecule has 1 atom stereocenters. The summed E-state index contributed by atoms with van der Waals surface area (Å²) in [6.45, 7) is 2.79. The van der Waals surface area contributed by atoms with Gasteiger partial charge in [0.15, 0.2) is 0 Å². The number of pyridine rings is 1. The summed E-state index contributed by atoms with van der Waals surface area (Å²) >= 11 is 0. The number of nitrogens with one attached hydrogen (secondary N) is 1. The third-order valence-corrected chi connectivity index (χ3v) is 7.76. The van der Waals surface area contributed by atoms with Crippen LogP contribution in [0.2, 0.25) is 0 Å². The molecule has 39 heavy (non-hydrogen) atoms. The van der Waals surface area contributed by atoms with Gasteiger partial charge in [-0.1, -0.05) is 0 Å². The molecule has 0 aliphatic carbocycles. The number of nitrogens with two attached hydrogens (primary N) is 1. The Kier molecular flexibility index (Phi) is 9.32. The minimum Gasteiger partial charge on any atom is -0.497 e. The van der Waals surface area contributed by atoms with Crippen molar-refractivity contribution in [2.75, 3.05) is 38.6 Å². The number of benzene rings is 2. The van der Waals surface area contributed by atoms with Crippen LogP contribution in [-0.2, 0) is 11.3 Å². The minimum atomic E-state index is -0.852. The number of nitrogens with zero attached hydrogens (tertiary/aromatic N) is 2. The van der Waals surface area contributed by atoms with Crippen molar-refractivity contribution in [3.63, 3.8) is 0 Å². The number of carbonyl (C=O) groups is 1. The summed E-state index contributed by atoms with van der Waals surface area (Å²) in [5.41, 5.74) is 8.11. The van der Waals surface area contributed by atoms with Crippen LogP contribution in [0, 0.1) is 17.0 Å². The largest absolute Gasteiger partial charge is 0.497 e. The predicted octanol–water partition coefficient (Wildman–Crippen LogP) is 4.46. The zero-order chi connectivity index (χ0) is 28.0. The van der Waals surface area contributed by atoms with E-state index >= 15 is 0 Å². The molecule has 1 aliphatic heterocycles. The average molecular weight is 543 g/mol. The number of aliphatic hydroxyl groups is 1. The molecule has 0 spiro atoms. The number of likely N-dealkylation sites (tertiary alicyclic amines) is 1. The second-order valence-corrected chi connectivity index (χ2v) is 10.3. The van der Waals surface area contributed by atoms with Crippen molar-refractivity contribution in [3.05, 3.63) is 65.4 Å².